The quantitative estimate of drug-likeness (QED) is 0.860. The van der Waals surface area contributed by atoms with E-state index in [2.05, 4.69) is 5.32 Å². The number of piperazine rings is 1. The Morgan fingerprint density at radius 1 is 0.875 bits per heavy atom. The first kappa shape index (κ1) is 16.0. The SMILES string of the molecule is O=C(Nc1ccccc1)C(=O)N1CCN(c2ccccc2F)CC1. The van der Waals surface area contributed by atoms with Crippen molar-refractivity contribution in [3.63, 3.8) is 0 Å². The molecule has 0 aliphatic carbocycles. The zero-order chi connectivity index (χ0) is 16.9. The highest BCUT2D eigenvalue weighted by molar-refractivity contribution is 6.39. The van der Waals surface area contributed by atoms with E-state index < -0.39 is 11.8 Å². The molecule has 0 bridgehead atoms. The van der Waals surface area contributed by atoms with Crippen LogP contribution in [0.4, 0.5) is 15.8 Å². The summed E-state index contributed by atoms with van der Waals surface area (Å²) in [4.78, 5) is 27.7. The lowest BCUT2D eigenvalue weighted by atomic mass is 10.2. The molecule has 2 amide bonds. The molecule has 2 aromatic carbocycles. The van der Waals surface area contributed by atoms with E-state index in [0.717, 1.165) is 0 Å². The Balaban J connectivity index is 1.57. The second kappa shape index (κ2) is 7.12. The number of amides is 2. The van der Waals surface area contributed by atoms with Crippen molar-refractivity contribution in [2.24, 2.45) is 0 Å². The van der Waals surface area contributed by atoms with E-state index >= 15 is 0 Å². The predicted octanol–water partition coefficient (Wildman–Crippen LogP) is 2.11. The van der Waals surface area contributed by atoms with Gasteiger partial charge in [-0.15, -0.1) is 0 Å². The van der Waals surface area contributed by atoms with Crippen LogP contribution in [0.2, 0.25) is 0 Å². The minimum absolute atomic E-state index is 0.279. The fourth-order valence-corrected chi connectivity index (χ4v) is 2.71. The number of halogens is 1. The first-order valence-electron chi connectivity index (χ1n) is 7.80. The molecular weight excluding hydrogens is 309 g/mol. The molecule has 6 heteroatoms. The number of nitrogens with one attached hydrogen (secondary N) is 1. The Morgan fingerprint density at radius 3 is 2.17 bits per heavy atom. The number of hydrogen-bond donors (Lipinski definition) is 1. The van der Waals surface area contributed by atoms with Crippen LogP contribution in [0, 0.1) is 5.82 Å². The minimum atomic E-state index is -0.652. The van der Waals surface area contributed by atoms with Gasteiger partial charge in [0.15, 0.2) is 0 Å². The van der Waals surface area contributed by atoms with E-state index in [9.17, 15) is 14.0 Å². The summed E-state index contributed by atoms with van der Waals surface area (Å²) in [5.74, 6) is -1.49. The van der Waals surface area contributed by atoms with Gasteiger partial charge in [0.25, 0.3) is 0 Å². The molecule has 0 aromatic heterocycles. The number of carbonyl (C=O) groups excluding carboxylic acids is 2. The number of benzene rings is 2. The summed E-state index contributed by atoms with van der Waals surface area (Å²) < 4.78 is 13.8. The summed E-state index contributed by atoms with van der Waals surface area (Å²) in [6, 6.07) is 15.4. The molecule has 1 saturated heterocycles. The molecule has 0 saturated carbocycles. The van der Waals surface area contributed by atoms with E-state index in [1.807, 2.05) is 11.0 Å². The van der Waals surface area contributed by atoms with Gasteiger partial charge in [0.1, 0.15) is 5.82 Å². The van der Waals surface area contributed by atoms with Gasteiger partial charge in [-0.2, -0.15) is 0 Å². The van der Waals surface area contributed by atoms with Crippen LogP contribution in [-0.2, 0) is 9.59 Å². The van der Waals surface area contributed by atoms with E-state index in [4.69, 9.17) is 0 Å². The van der Waals surface area contributed by atoms with Crippen molar-refractivity contribution < 1.29 is 14.0 Å². The lowest BCUT2D eigenvalue weighted by Crippen LogP contribution is -2.51. The predicted molar refractivity (Wildman–Crippen MR) is 90.3 cm³/mol. The highest BCUT2D eigenvalue weighted by atomic mass is 19.1. The smallest absolute Gasteiger partial charge is 0.313 e. The Hall–Kier alpha value is -2.89. The van der Waals surface area contributed by atoms with Crippen molar-refractivity contribution in [1.29, 1.82) is 0 Å². The number of rotatable bonds is 2. The molecule has 1 N–H and O–H groups in total. The second-order valence-electron chi connectivity index (χ2n) is 5.55. The lowest BCUT2D eigenvalue weighted by molar-refractivity contribution is -0.143. The van der Waals surface area contributed by atoms with Gasteiger partial charge in [-0.3, -0.25) is 9.59 Å². The number of nitrogens with zero attached hydrogens (tertiary/aromatic N) is 2. The van der Waals surface area contributed by atoms with Crippen LogP contribution in [0.5, 0.6) is 0 Å². The molecule has 1 aliphatic rings. The van der Waals surface area contributed by atoms with E-state index in [-0.39, 0.29) is 5.82 Å². The van der Waals surface area contributed by atoms with Gasteiger partial charge in [0.05, 0.1) is 5.69 Å². The van der Waals surface area contributed by atoms with Crippen molar-refractivity contribution in [2.75, 3.05) is 36.4 Å². The maximum absolute atomic E-state index is 13.8. The lowest BCUT2D eigenvalue weighted by Gasteiger charge is -2.35. The molecule has 1 heterocycles. The average Bonchev–Trinajstić information content (AvgIpc) is 2.62. The van der Waals surface area contributed by atoms with Crippen LogP contribution >= 0.6 is 0 Å². The van der Waals surface area contributed by atoms with Crippen LogP contribution in [0.3, 0.4) is 0 Å². The average molecular weight is 327 g/mol. The highest BCUT2D eigenvalue weighted by Crippen LogP contribution is 2.20. The monoisotopic (exact) mass is 327 g/mol. The van der Waals surface area contributed by atoms with Gasteiger partial charge in [-0.25, -0.2) is 4.39 Å². The van der Waals surface area contributed by atoms with Crippen LogP contribution in [0.15, 0.2) is 54.6 Å². The second-order valence-corrected chi connectivity index (χ2v) is 5.55. The summed E-state index contributed by atoms with van der Waals surface area (Å²) in [7, 11) is 0. The maximum atomic E-state index is 13.8. The normalized spacial score (nSPS) is 14.4. The first-order chi connectivity index (χ1) is 11.6. The molecule has 3 rings (SSSR count). The Morgan fingerprint density at radius 2 is 1.50 bits per heavy atom. The summed E-state index contributed by atoms with van der Waals surface area (Å²) in [6.45, 7) is 1.75. The van der Waals surface area contributed by atoms with Crippen LogP contribution in [0.1, 0.15) is 0 Å². The molecule has 2 aromatic rings. The largest absolute Gasteiger partial charge is 0.366 e. The fourth-order valence-electron chi connectivity index (χ4n) is 2.71. The number of hydrogen-bond acceptors (Lipinski definition) is 3. The molecule has 0 radical (unpaired) electrons. The topological polar surface area (TPSA) is 52.7 Å². The third-order valence-electron chi connectivity index (χ3n) is 3.99. The highest BCUT2D eigenvalue weighted by Gasteiger charge is 2.26. The molecule has 0 atom stereocenters. The number of anilines is 2. The van der Waals surface area contributed by atoms with E-state index in [0.29, 0.717) is 37.6 Å². The summed E-state index contributed by atoms with van der Waals surface area (Å²) in [5.41, 5.74) is 1.11. The third kappa shape index (κ3) is 3.53. The third-order valence-corrected chi connectivity index (χ3v) is 3.99. The molecule has 124 valence electrons. The number of para-hydroxylation sites is 2. The summed E-state index contributed by atoms with van der Waals surface area (Å²) >= 11 is 0. The van der Waals surface area contributed by atoms with Crippen molar-refractivity contribution in [1.82, 2.24) is 4.90 Å². The van der Waals surface area contributed by atoms with Crippen molar-refractivity contribution in [3.05, 3.63) is 60.4 Å². The van der Waals surface area contributed by atoms with E-state index in [1.165, 1.54) is 11.0 Å². The van der Waals surface area contributed by atoms with Gasteiger partial charge in [0, 0.05) is 31.9 Å². The fraction of sp³-hybridized carbons (Fsp3) is 0.222. The first-order valence-corrected chi connectivity index (χ1v) is 7.80. The van der Waals surface area contributed by atoms with Crippen molar-refractivity contribution in [3.8, 4) is 0 Å². The zero-order valence-electron chi connectivity index (χ0n) is 13.1. The van der Waals surface area contributed by atoms with Gasteiger partial charge >= 0.3 is 11.8 Å². The van der Waals surface area contributed by atoms with Gasteiger partial charge < -0.3 is 15.1 Å². The minimum Gasteiger partial charge on any atom is -0.366 e. The van der Waals surface area contributed by atoms with Crippen molar-refractivity contribution in [2.45, 2.75) is 0 Å². The van der Waals surface area contributed by atoms with Crippen LogP contribution in [0.25, 0.3) is 0 Å². The summed E-state index contributed by atoms with van der Waals surface area (Å²) in [5, 5.41) is 2.59. The molecule has 1 fully saturated rings. The standard InChI is InChI=1S/C18H18FN3O2/c19-15-8-4-5-9-16(15)21-10-12-22(13-11-21)18(24)17(23)20-14-6-2-1-3-7-14/h1-9H,10-13H2,(H,20,23). The molecule has 0 spiro atoms. The van der Waals surface area contributed by atoms with Gasteiger partial charge in [0.2, 0.25) is 0 Å². The molecule has 0 unspecified atom stereocenters. The Labute approximate surface area is 139 Å². The van der Waals surface area contributed by atoms with Crippen molar-refractivity contribution >= 4 is 23.2 Å². The molecule has 5 nitrogen and oxygen atoms in total. The van der Waals surface area contributed by atoms with Gasteiger partial charge in [-0.1, -0.05) is 30.3 Å². The Kier molecular flexibility index (Phi) is 4.74. The Bertz CT molecular complexity index is 728. The van der Waals surface area contributed by atoms with E-state index in [1.54, 1.807) is 42.5 Å². The van der Waals surface area contributed by atoms with Crippen LogP contribution < -0.4 is 10.2 Å². The van der Waals surface area contributed by atoms with Crippen LogP contribution in [-0.4, -0.2) is 42.9 Å². The molecule has 1 aliphatic heterocycles. The molecular formula is C18H18FN3O2. The van der Waals surface area contributed by atoms with Gasteiger partial charge in [-0.05, 0) is 24.3 Å². The maximum Gasteiger partial charge on any atom is 0.313 e. The summed E-state index contributed by atoms with van der Waals surface area (Å²) in [6.07, 6.45) is 0. The molecule has 24 heavy (non-hydrogen) atoms. The number of carbonyl (C=O) groups is 2. The zero-order valence-corrected chi connectivity index (χ0v) is 13.1.